The Kier molecular flexibility index (Phi) is 6.96. The van der Waals surface area contributed by atoms with Crippen LogP contribution in [0.4, 0.5) is 5.82 Å². The molecule has 1 aliphatic carbocycles. The monoisotopic (exact) mass is 492 g/mol. The van der Waals surface area contributed by atoms with E-state index in [1.807, 2.05) is 44.2 Å². The van der Waals surface area contributed by atoms with Gasteiger partial charge in [0, 0.05) is 42.0 Å². The highest BCUT2D eigenvalue weighted by molar-refractivity contribution is 5.92. The number of amides is 1. The molecule has 2 aliphatic rings. The highest BCUT2D eigenvalue weighted by Gasteiger charge is 2.40. The van der Waals surface area contributed by atoms with Crippen molar-refractivity contribution in [3.05, 3.63) is 53.3 Å². The van der Waals surface area contributed by atoms with E-state index in [0.29, 0.717) is 18.4 Å². The Labute approximate surface area is 211 Å². The van der Waals surface area contributed by atoms with Gasteiger partial charge in [-0.1, -0.05) is 17.7 Å². The number of aliphatic hydroxyl groups excluding tert-OH is 1. The maximum Gasteiger partial charge on any atom is 0.239 e. The van der Waals surface area contributed by atoms with E-state index >= 15 is 0 Å². The lowest BCUT2D eigenvalue weighted by molar-refractivity contribution is -0.121. The van der Waals surface area contributed by atoms with Gasteiger partial charge in [-0.05, 0) is 57.7 Å². The third kappa shape index (κ3) is 5.09. The number of pyridine rings is 1. The maximum absolute atomic E-state index is 12.6. The summed E-state index contributed by atoms with van der Waals surface area (Å²) >= 11 is 0. The molecule has 36 heavy (non-hydrogen) atoms. The molecule has 0 unspecified atom stereocenters. The number of nitrogens with one attached hydrogen (secondary N) is 2. The van der Waals surface area contributed by atoms with Gasteiger partial charge in [0.2, 0.25) is 5.91 Å². The third-order valence-corrected chi connectivity index (χ3v) is 7.66. The molecule has 1 saturated heterocycles. The number of nitrogens with zero attached hydrogens (tertiary/aromatic N) is 4. The van der Waals surface area contributed by atoms with Crippen LogP contribution in [0, 0.1) is 13.8 Å². The van der Waals surface area contributed by atoms with Crippen LogP contribution in [-0.4, -0.2) is 74.1 Å². The fourth-order valence-electron chi connectivity index (χ4n) is 5.51. The van der Waals surface area contributed by atoms with Crippen molar-refractivity contribution in [3.63, 3.8) is 0 Å². The van der Waals surface area contributed by atoms with E-state index in [0.717, 1.165) is 66.5 Å². The molecule has 3 aromatic rings. The van der Waals surface area contributed by atoms with Gasteiger partial charge in [0.05, 0.1) is 36.9 Å². The lowest BCUT2D eigenvalue weighted by atomic mass is 9.77. The Hall–Kier alpha value is -3.01. The number of anilines is 1. The second-order valence-corrected chi connectivity index (χ2v) is 10.3. The number of benzene rings is 1. The van der Waals surface area contributed by atoms with Gasteiger partial charge in [-0.15, -0.1) is 0 Å². The van der Waals surface area contributed by atoms with Crippen LogP contribution in [0.3, 0.4) is 0 Å². The smallest absolute Gasteiger partial charge is 0.239 e. The lowest BCUT2D eigenvalue weighted by Gasteiger charge is -2.48. The van der Waals surface area contributed by atoms with Crippen molar-refractivity contribution >= 4 is 22.6 Å². The Morgan fingerprint density at radius 1 is 1.17 bits per heavy atom. The molecule has 9 nitrogen and oxygen atoms in total. The van der Waals surface area contributed by atoms with Gasteiger partial charge in [-0.2, -0.15) is 5.10 Å². The zero-order valence-electron chi connectivity index (χ0n) is 21.1. The zero-order valence-corrected chi connectivity index (χ0v) is 21.1. The number of aliphatic hydroxyl groups is 2. The average Bonchev–Trinajstić information content (AvgIpc) is 3.17. The van der Waals surface area contributed by atoms with E-state index in [2.05, 4.69) is 25.6 Å². The molecule has 0 spiro atoms. The number of aromatic nitrogens is 3. The van der Waals surface area contributed by atoms with Crippen molar-refractivity contribution in [2.45, 2.75) is 63.8 Å². The average molecular weight is 493 g/mol. The van der Waals surface area contributed by atoms with Crippen molar-refractivity contribution in [2.75, 3.05) is 31.6 Å². The number of hydrogen-bond acceptors (Lipinski definition) is 7. The second kappa shape index (κ2) is 10.2. The van der Waals surface area contributed by atoms with E-state index in [-0.39, 0.29) is 25.1 Å². The molecule has 192 valence electrons. The van der Waals surface area contributed by atoms with Gasteiger partial charge in [-0.3, -0.25) is 19.4 Å². The quantitative estimate of drug-likeness (QED) is 0.381. The number of carbonyl (C=O) groups excluding carboxylic acids is 1. The Balaban J connectivity index is 1.08. The number of fused-ring (bicyclic) bond motifs is 1. The molecular formula is C27H36N6O3. The van der Waals surface area contributed by atoms with Crippen LogP contribution in [0.1, 0.15) is 42.5 Å². The molecule has 9 heteroatoms. The normalized spacial score (nSPS) is 22.9. The first-order valence-electron chi connectivity index (χ1n) is 12.9. The second-order valence-electron chi connectivity index (χ2n) is 10.3. The first-order valence-corrected chi connectivity index (χ1v) is 12.9. The SMILES string of the molecule is Cc1ccc2c(c1)c(NCC(=O)NC1CN([C@H]3CC[C@@](O)(c4ccc(C)nc4)CC3)C1)nn2CCO. The third-order valence-electron chi connectivity index (χ3n) is 7.66. The predicted molar refractivity (Wildman–Crippen MR) is 139 cm³/mol. The molecule has 5 rings (SSSR count). The summed E-state index contributed by atoms with van der Waals surface area (Å²) in [5, 5.41) is 32.2. The first-order chi connectivity index (χ1) is 17.3. The van der Waals surface area contributed by atoms with Gasteiger partial charge in [0.1, 0.15) is 0 Å². The molecule has 0 radical (unpaired) electrons. The number of hydrogen-bond donors (Lipinski definition) is 4. The molecule has 0 atom stereocenters. The van der Waals surface area contributed by atoms with Crippen LogP contribution in [-0.2, 0) is 16.9 Å². The minimum atomic E-state index is -0.784. The van der Waals surface area contributed by atoms with Crippen LogP contribution in [0.25, 0.3) is 10.9 Å². The molecular weight excluding hydrogens is 456 g/mol. The van der Waals surface area contributed by atoms with Gasteiger partial charge in [0.15, 0.2) is 5.82 Å². The number of rotatable bonds is 8. The summed E-state index contributed by atoms with van der Waals surface area (Å²) in [4.78, 5) is 19.4. The van der Waals surface area contributed by atoms with Crippen LogP contribution in [0.5, 0.6) is 0 Å². The van der Waals surface area contributed by atoms with Gasteiger partial charge in [-0.25, -0.2) is 0 Å². The number of aryl methyl sites for hydroxylation is 2. The minimum absolute atomic E-state index is 0.00616. The van der Waals surface area contributed by atoms with Crippen LogP contribution >= 0.6 is 0 Å². The standard InChI is InChI=1S/C27H36N6O3/c1-18-3-6-24-23(13-18)26(31-33(24)11-12-34)29-15-25(35)30-21-16-32(17-21)22-7-9-27(36,10-8-22)20-5-4-19(2)28-14-20/h3-6,13-14,21-22,34,36H,7-12,15-17H2,1-2H3,(H,29,31)(H,30,35)/t22-,27-. The van der Waals surface area contributed by atoms with Crippen molar-refractivity contribution in [3.8, 4) is 0 Å². The van der Waals surface area contributed by atoms with E-state index < -0.39 is 5.60 Å². The molecule has 1 saturated carbocycles. The first kappa shape index (κ1) is 24.7. The maximum atomic E-state index is 12.6. The highest BCUT2D eigenvalue weighted by Crippen LogP contribution is 2.39. The summed E-state index contributed by atoms with van der Waals surface area (Å²) < 4.78 is 1.76. The fourth-order valence-corrected chi connectivity index (χ4v) is 5.51. The molecule has 0 bridgehead atoms. The molecule has 2 fully saturated rings. The lowest BCUT2D eigenvalue weighted by Crippen LogP contribution is -2.63. The summed E-state index contributed by atoms with van der Waals surface area (Å²) in [7, 11) is 0. The number of likely N-dealkylation sites (tertiary alicyclic amines) is 1. The summed E-state index contributed by atoms with van der Waals surface area (Å²) in [6.07, 6.45) is 5.15. The summed E-state index contributed by atoms with van der Waals surface area (Å²) in [5.41, 5.74) is 3.14. The van der Waals surface area contributed by atoms with E-state index in [1.54, 1.807) is 10.9 Å². The van der Waals surface area contributed by atoms with Crippen LogP contribution < -0.4 is 10.6 Å². The summed E-state index contributed by atoms with van der Waals surface area (Å²) in [5.74, 6) is 0.605. The van der Waals surface area contributed by atoms with E-state index in [1.165, 1.54) is 0 Å². The molecule has 1 amide bonds. The van der Waals surface area contributed by atoms with Crippen molar-refractivity contribution < 1.29 is 15.0 Å². The molecule has 3 heterocycles. The minimum Gasteiger partial charge on any atom is -0.394 e. The highest BCUT2D eigenvalue weighted by atomic mass is 16.3. The summed E-state index contributed by atoms with van der Waals surface area (Å²) in [6.45, 7) is 6.22. The number of carbonyl (C=O) groups is 1. The van der Waals surface area contributed by atoms with Gasteiger partial charge < -0.3 is 20.8 Å². The van der Waals surface area contributed by atoms with Crippen molar-refractivity contribution in [2.24, 2.45) is 0 Å². The molecule has 1 aromatic carbocycles. The van der Waals surface area contributed by atoms with E-state index in [9.17, 15) is 15.0 Å². The van der Waals surface area contributed by atoms with Gasteiger partial charge >= 0.3 is 0 Å². The molecule has 2 aromatic heterocycles. The summed E-state index contributed by atoms with van der Waals surface area (Å²) in [6, 6.07) is 10.6. The van der Waals surface area contributed by atoms with Crippen molar-refractivity contribution in [1.82, 2.24) is 25.0 Å². The fraction of sp³-hybridized carbons (Fsp3) is 0.519. The topological polar surface area (TPSA) is 116 Å². The molecule has 4 N–H and O–H groups in total. The van der Waals surface area contributed by atoms with E-state index in [4.69, 9.17) is 0 Å². The van der Waals surface area contributed by atoms with Gasteiger partial charge in [0.25, 0.3) is 0 Å². The predicted octanol–water partition coefficient (Wildman–Crippen LogP) is 2.08. The Morgan fingerprint density at radius 2 is 1.94 bits per heavy atom. The zero-order chi connectivity index (χ0) is 25.3. The molecule has 1 aliphatic heterocycles. The van der Waals surface area contributed by atoms with Crippen LogP contribution in [0.15, 0.2) is 36.5 Å². The Bertz CT molecular complexity index is 1210. The van der Waals surface area contributed by atoms with Crippen molar-refractivity contribution in [1.29, 1.82) is 0 Å². The largest absolute Gasteiger partial charge is 0.394 e. The van der Waals surface area contributed by atoms with Crippen LogP contribution in [0.2, 0.25) is 0 Å². The Morgan fingerprint density at radius 3 is 2.64 bits per heavy atom.